The largest absolute Gasteiger partial charge is 0.390 e. The zero-order valence-corrected chi connectivity index (χ0v) is 12.9. The molecule has 2 bridgehead atoms. The number of aliphatic hydroxyl groups is 2. The molecule has 0 saturated carbocycles. The molecule has 0 aromatic rings. The first-order chi connectivity index (χ1) is 9.88. The molecule has 6 nitrogen and oxygen atoms in total. The predicted octanol–water partition coefficient (Wildman–Crippen LogP) is 0.932. The van der Waals surface area contributed by atoms with Crippen LogP contribution < -0.4 is 0 Å². The topological polar surface area (TPSA) is 77.4 Å². The van der Waals surface area contributed by atoms with E-state index in [9.17, 15) is 10.2 Å². The highest BCUT2D eigenvalue weighted by molar-refractivity contribution is 4.91. The molecule has 0 spiro atoms. The Morgan fingerprint density at radius 1 is 1.24 bits per heavy atom. The minimum atomic E-state index is -0.823. The normalized spacial score (nSPS) is 51.9. The molecule has 3 aliphatic heterocycles. The molecule has 0 radical (unpaired) electrons. The van der Waals surface area contributed by atoms with Crippen LogP contribution in [0, 0.1) is 0 Å². The van der Waals surface area contributed by atoms with E-state index in [2.05, 4.69) is 0 Å². The van der Waals surface area contributed by atoms with Gasteiger partial charge in [0.25, 0.3) is 0 Å². The van der Waals surface area contributed by atoms with Crippen molar-refractivity contribution in [1.82, 2.24) is 0 Å². The zero-order valence-electron chi connectivity index (χ0n) is 12.9. The molecular formula is C15H26O6. The van der Waals surface area contributed by atoms with Crippen molar-refractivity contribution in [3.05, 3.63) is 0 Å². The molecular weight excluding hydrogens is 276 g/mol. The van der Waals surface area contributed by atoms with E-state index in [-0.39, 0.29) is 30.8 Å². The van der Waals surface area contributed by atoms with Gasteiger partial charge in [-0.05, 0) is 33.6 Å². The monoisotopic (exact) mass is 302 g/mol. The smallest absolute Gasteiger partial charge is 0.184 e. The third-order valence-electron chi connectivity index (χ3n) is 4.77. The van der Waals surface area contributed by atoms with E-state index >= 15 is 0 Å². The first-order valence-electron chi connectivity index (χ1n) is 7.91. The molecule has 3 heterocycles. The fourth-order valence-corrected chi connectivity index (χ4v) is 3.50. The van der Waals surface area contributed by atoms with Crippen molar-refractivity contribution in [3.63, 3.8) is 0 Å². The summed E-state index contributed by atoms with van der Waals surface area (Å²) in [5.74, 6) is -0.499. The van der Waals surface area contributed by atoms with Crippen LogP contribution in [-0.2, 0) is 18.9 Å². The molecule has 3 fully saturated rings. The van der Waals surface area contributed by atoms with Crippen molar-refractivity contribution in [1.29, 1.82) is 0 Å². The van der Waals surface area contributed by atoms with E-state index in [0.717, 1.165) is 19.3 Å². The van der Waals surface area contributed by atoms with Gasteiger partial charge in [0.05, 0.1) is 24.4 Å². The molecule has 2 N–H and O–H groups in total. The van der Waals surface area contributed by atoms with Crippen molar-refractivity contribution in [2.24, 2.45) is 0 Å². The molecule has 3 rings (SSSR count). The first-order valence-corrected chi connectivity index (χ1v) is 7.91. The Kier molecular flexibility index (Phi) is 4.29. The molecule has 3 aliphatic rings. The molecule has 3 saturated heterocycles. The lowest BCUT2D eigenvalue weighted by atomic mass is 10.0. The fraction of sp³-hybridized carbons (Fsp3) is 1.00. The second kappa shape index (κ2) is 5.76. The van der Waals surface area contributed by atoms with Crippen LogP contribution in [0.25, 0.3) is 0 Å². The van der Waals surface area contributed by atoms with Crippen LogP contribution in [0.4, 0.5) is 0 Å². The highest BCUT2D eigenvalue weighted by atomic mass is 16.8. The summed E-state index contributed by atoms with van der Waals surface area (Å²) in [6.45, 7) is 5.67. The van der Waals surface area contributed by atoms with Crippen LogP contribution in [0.15, 0.2) is 0 Å². The number of aliphatic hydroxyl groups excluding tert-OH is 2. The van der Waals surface area contributed by atoms with Gasteiger partial charge in [-0.3, -0.25) is 0 Å². The van der Waals surface area contributed by atoms with E-state index in [1.807, 2.05) is 13.8 Å². The quantitative estimate of drug-likeness (QED) is 0.808. The zero-order chi connectivity index (χ0) is 15.2. The lowest BCUT2D eigenvalue weighted by Crippen LogP contribution is -2.50. The number of hydrogen-bond acceptors (Lipinski definition) is 6. The molecule has 6 heteroatoms. The summed E-state index contributed by atoms with van der Waals surface area (Å²) in [5, 5.41) is 19.7. The fourth-order valence-electron chi connectivity index (χ4n) is 3.50. The maximum atomic E-state index is 10.0. The molecule has 122 valence electrons. The number of ether oxygens (including phenoxy) is 4. The predicted molar refractivity (Wildman–Crippen MR) is 73.5 cm³/mol. The van der Waals surface area contributed by atoms with Crippen LogP contribution in [-0.4, -0.2) is 58.9 Å². The summed E-state index contributed by atoms with van der Waals surface area (Å²) in [6, 6.07) is 0. The molecule has 0 amide bonds. The SMILES string of the molecule is CC1OC(O[C@@H](C)[C@@H]2O[C@@]3(C)CCC[C@@H]2O3)C(O)CC1O. The van der Waals surface area contributed by atoms with E-state index in [1.54, 1.807) is 6.92 Å². The van der Waals surface area contributed by atoms with Crippen molar-refractivity contribution in [3.8, 4) is 0 Å². The van der Waals surface area contributed by atoms with Gasteiger partial charge < -0.3 is 29.2 Å². The average Bonchev–Trinajstić information content (AvgIpc) is 2.65. The van der Waals surface area contributed by atoms with Crippen molar-refractivity contribution < 1.29 is 29.2 Å². The average molecular weight is 302 g/mol. The maximum Gasteiger partial charge on any atom is 0.184 e. The Balaban J connectivity index is 1.60. The van der Waals surface area contributed by atoms with E-state index in [4.69, 9.17) is 18.9 Å². The summed E-state index contributed by atoms with van der Waals surface area (Å²) < 4.78 is 23.4. The van der Waals surface area contributed by atoms with Crippen LogP contribution >= 0.6 is 0 Å². The lowest BCUT2D eigenvalue weighted by Gasteiger charge is -2.37. The van der Waals surface area contributed by atoms with E-state index in [0.29, 0.717) is 0 Å². The van der Waals surface area contributed by atoms with Gasteiger partial charge in [0.2, 0.25) is 0 Å². The first kappa shape index (κ1) is 15.6. The van der Waals surface area contributed by atoms with E-state index in [1.165, 1.54) is 0 Å². The van der Waals surface area contributed by atoms with Crippen molar-refractivity contribution >= 4 is 0 Å². The van der Waals surface area contributed by atoms with Gasteiger partial charge in [-0.1, -0.05) is 0 Å². The van der Waals surface area contributed by atoms with Gasteiger partial charge in [0, 0.05) is 12.8 Å². The summed E-state index contributed by atoms with van der Waals surface area (Å²) >= 11 is 0. The highest BCUT2D eigenvalue weighted by Crippen LogP contribution is 2.41. The molecule has 4 unspecified atom stereocenters. The van der Waals surface area contributed by atoms with Crippen LogP contribution in [0.5, 0.6) is 0 Å². The molecule has 8 atom stereocenters. The van der Waals surface area contributed by atoms with Crippen LogP contribution in [0.1, 0.15) is 46.5 Å². The molecule has 0 aromatic carbocycles. The van der Waals surface area contributed by atoms with Gasteiger partial charge in [-0.2, -0.15) is 0 Å². The van der Waals surface area contributed by atoms with Gasteiger partial charge in [0.15, 0.2) is 12.1 Å². The van der Waals surface area contributed by atoms with Gasteiger partial charge in [0.1, 0.15) is 12.2 Å². The molecule has 0 aliphatic carbocycles. The summed E-state index contributed by atoms with van der Waals surface area (Å²) in [5.41, 5.74) is 0. The summed E-state index contributed by atoms with van der Waals surface area (Å²) in [4.78, 5) is 0. The second-order valence-corrected chi connectivity index (χ2v) is 6.69. The van der Waals surface area contributed by atoms with Crippen molar-refractivity contribution in [2.45, 2.75) is 95.2 Å². The van der Waals surface area contributed by atoms with Gasteiger partial charge >= 0.3 is 0 Å². The second-order valence-electron chi connectivity index (χ2n) is 6.69. The minimum absolute atomic E-state index is 0.0440. The molecule has 0 aromatic heterocycles. The Bertz CT molecular complexity index is 377. The summed E-state index contributed by atoms with van der Waals surface area (Å²) in [7, 11) is 0. The Morgan fingerprint density at radius 3 is 2.71 bits per heavy atom. The third-order valence-corrected chi connectivity index (χ3v) is 4.77. The standard InChI is InChI=1S/C15H26O6/c1-8-10(16)7-11(17)14(18-8)19-9(2)13-12-5-4-6-15(3,20-12)21-13/h8-14,16-17H,4-7H2,1-3H3/t8?,9-,10?,11?,12-,13-,14?,15-/m0/s1. The third kappa shape index (κ3) is 3.11. The highest BCUT2D eigenvalue weighted by Gasteiger charge is 2.50. The van der Waals surface area contributed by atoms with Gasteiger partial charge in [-0.25, -0.2) is 0 Å². The maximum absolute atomic E-state index is 10.0. The number of fused-ring (bicyclic) bond motifs is 2. The van der Waals surface area contributed by atoms with Crippen LogP contribution in [0.2, 0.25) is 0 Å². The van der Waals surface area contributed by atoms with Crippen molar-refractivity contribution in [2.75, 3.05) is 0 Å². The lowest BCUT2D eigenvalue weighted by molar-refractivity contribution is -0.284. The Hall–Kier alpha value is -0.240. The van der Waals surface area contributed by atoms with Gasteiger partial charge in [-0.15, -0.1) is 0 Å². The Morgan fingerprint density at radius 2 is 2.00 bits per heavy atom. The molecule has 21 heavy (non-hydrogen) atoms. The number of hydrogen-bond donors (Lipinski definition) is 2. The van der Waals surface area contributed by atoms with Crippen LogP contribution in [0.3, 0.4) is 0 Å². The summed E-state index contributed by atoms with van der Waals surface area (Å²) in [6.07, 6.45) is 0.344. The minimum Gasteiger partial charge on any atom is -0.390 e. The Labute approximate surface area is 125 Å². The van der Waals surface area contributed by atoms with E-state index < -0.39 is 24.3 Å². The number of rotatable bonds is 3.